The predicted octanol–water partition coefficient (Wildman–Crippen LogP) is -1.82. The summed E-state index contributed by atoms with van der Waals surface area (Å²) in [7, 11) is 0. The Morgan fingerprint density at radius 1 is 0.955 bits per heavy atom. The van der Waals surface area contributed by atoms with Gasteiger partial charge in [0, 0.05) is 13.0 Å². The molecule has 7 heteroatoms. The van der Waals surface area contributed by atoms with Gasteiger partial charge in [-0.2, -0.15) is 0 Å². The molecule has 0 aliphatic rings. The van der Waals surface area contributed by atoms with Crippen molar-refractivity contribution < 1.29 is 54.2 Å². The summed E-state index contributed by atoms with van der Waals surface area (Å²) in [5, 5.41) is 19.2. The van der Waals surface area contributed by atoms with E-state index in [0.717, 1.165) is 24.2 Å². The van der Waals surface area contributed by atoms with Crippen LogP contribution in [0.1, 0.15) is 64.7 Å². The maximum Gasteiger partial charge on any atom is 1.00 e. The van der Waals surface area contributed by atoms with E-state index < -0.39 is 18.5 Å². The average molecular weight is 323 g/mol. The zero-order chi connectivity index (χ0) is 16.1. The zero-order valence-electron chi connectivity index (χ0n) is 13.8. The Morgan fingerprint density at radius 3 is 2.00 bits per heavy atom. The number of carboxylic acid groups (broad SMARTS) is 2. The molecule has 0 aromatic heterocycles. The predicted molar refractivity (Wildman–Crippen MR) is 76.4 cm³/mol. The van der Waals surface area contributed by atoms with E-state index in [2.05, 4.69) is 6.92 Å². The van der Waals surface area contributed by atoms with Crippen LogP contribution in [-0.4, -0.2) is 40.9 Å². The Bertz CT molecular complexity index is 336. The monoisotopic (exact) mass is 323 g/mol. The molecule has 0 bridgehead atoms. The van der Waals surface area contributed by atoms with Crippen LogP contribution in [0.3, 0.4) is 0 Å². The number of carbonyl (C=O) groups excluding carboxylic acids is 2. The zero-order valence-corrected chi connectivity index (χ0v) is 15.8. The van der Waals surface area contributed by atoms with Gasteiger partial charge < -0.3 is 19.9 Å². The van der Waals surface area contributed by atoms with Crippen molar-refractivity contribution in [3.05, 3.63) is 0 Å². The molecule has 0 aromatic rings. The largest absolute Gasteiger partial charge is 1.00 e. The first-order valence-corrected chi connectivity index (χ1v) is 7.66. The number of carboxylic acids is 2. The van der Waals surface area contributed by atoms with Gasteiger partial charge in [-0.05, 0) is 6.42 Å². The minimum Gasteiger partial charge on any atom is -0.548 e. The van der Waals surface area contributed by atoms with Crippen molar-refractivity contribution in [1.29, 1.82) is 0 Å². The Morgan fingerprint density at radius 2 is 1.50 bits per heavy atom. The second-order valence-electron chi connectivity index (χ2n) is 5.20. The molecular weight excluding hydrogens is 297 g/mol. The van der Waals surface area contributed by atoms with E-state index >= 15 is 0 Å². The fourth-order valence-corrected chi connectivity index (χ4v) is 2.07. The van der Waals surface area contributed by atoms with Crippen LogP contribution in [0.25, 0.3) is 0 Å². The van der Waals surface area contributed by atoms with Crippen LogP contribution in [0.5, 0.6) is 0 Å². The third-order valence-electron chi connectivity index (χ3n) is 3.26. The Labute approximate surface area is 154 Å². The molecule has 22 heavy (non-hydrogen) atoms. The summed E-state index contributed by atoms with van der Waals surface area (Å²) in [4.78, 5) is 34.0. The van der Waals surface area contributed by atoms with Crippen molar-refractivity contribution in [2.75, 3.05) is 13.1 Å². The van der Waals surface area contributed by atoms with Gasteiger partial charge in [-0.15, -0.1) is 0 Å². The first kappa shape index (κ1) is 23.7. The topological polar surface area (TPSA) is 97.7 Å². The average Bonchev–Trinajstić information content (AvgIpc) is 2.41. The van der Waals surface area contributed by atoms with Gasteiger partial charge in [0.2, 0.25) is 5.91 Å². The minimum absolute atomic E-state index is 0. The number of aliphatic carboxylic acids is 2. The fraction of sp³-hybridized carbons (Fsp3) is 0.800. The molecule has 0 aromatic carbocycles. The molecule has 0 aliphatic heterocycles. The second-order valence-corrected chi connectivity index (χ2v) is 5.20. The molecule has 0 rings (SSSR count). The van der Waals surface area contributed by atoms with Crippen molar-refractivity contribution in [2.24, 2.45) is 0 Å². The normalized spacial score (nSPS) is 9.86. The number of amides is 1. The first-order valence-electron chi connectivity index (χ1n) is 7.66. The summed E-state index contributed by atoms with van der Waals surface area (Å²) in [6.45, 7) is 1.53. The molecular formula is C15H26NNaO5. The maximum atomic E-state index is 11.9. The van der Waals surface area contributed by atoms with Gasteiger partial charge in [0.25, 0.3) is 0 Å². The SMILES string of the molecule is CCCCCCCCCC(=O)N(CCC(=O)O)CC(=O)[O-].[Na+]. The van der Waals surface area contributed by atoms with E-state index in [1.807, 2.05) is 0 Å². The molecule has 0 unspecified atom stereocenters. The molecule has 0 fully saturated rings. The molecule has 1 amide bonds. The van der Waals surface area contributed by atoms with Crippen LogP contribution in [0, 0.1) is 0 Å². The molecule has 0 heterocycles. The van der Waals surface area contributed by atoms with Crippen molar-refractivity contribution in [3.8, 4) is 0 Å². The van der Waals surface area contributed by atoms with Gasteiger partial charge in [0.15, 0.2) is 0 Å². The summed E-state index contributed by atoms with van der Waals surface area (Å²) >= 11 is 0. The number of carbonyl (C=O) groups is 3. The molecule has 0 spiro atoms. The summed E-state index contributed by atoms with van der Waals surface area (Å²) < 4.78 is 0. The van der Waals surface area contributed by atoms with Gasteiger partial charge in [0.1, 0.15) is 0 Å². The van der Waals surface area contributed by atoms with Crippen LogP contribution in [0.4, 0.5) is 0 Å². The Kier molecular flexibility index (Phi) is 16.5. The number of unbranched alkanes of at least 4 members (excludes halogenated alkanes) is 6. The third-order valence-corrected chi connectivity index (χ3v) is 3.26. The number of rotatable bonds is 13. The van der Waals surface area contributed by atoms with Crippen molar-refractivity contribution in [2.45, 2.75) is 64.7 Å². The van der Waals surface area contributed by atoms with Crippen LogP contribution < -0.4 is 34.7 Å². The van der Waals surface area contributed by atoms with Crippen LogP contribution in [-0.2, 0) is 14.4 Å². The van der Waals surface area contributed by atoms with E-state index in [1.54, 1.807) is 0 Å². The van der Waals surface area contributed by atoms with Crippen LogP contribution >= 0.6 is 0 Å². The van der Waals surface area contributed by atoms with Gasteiger partial charge in [0.05, 0.1) is 18.9 Å². The molecule has 0 saturated carbocycles. The van der Waals surface area contributed by atoms with Gasteiger partial charge in [-0.1, -0.05) is 45.4 Å². The molecule has 1 N–H and O–H groups in total. The maximum absolute atomic E-state index is 11.9. The van der Waals surface area contributed by atoms with Gasteiger partial charge in [-0.3, -0.25) is 9.59 Å². The molecule has 122 valence electrons. The Hall–Kier alpha value is -0.590. The number of hydrogen-bond acceptors (Lipinski definition) is 4. The molecule has 6 nitrogen and oxygen atoms in total. The van der Waals surface area contributed by atoms with E-state index in [1.165, 1.54) is 19.3 Å². The second kappa shape index (κ2) is 15.3. The van der Waals surface area contributed by atoms with Crippen molar-refractivity contribution in [3.63, 3.8) is 0 Å². The summed E-state index contributed by atoms with van der Waals surface area (Å²) in [6, 6.07) is 0. The third kappa shape index (κ3) is 14.4. The van der Waals surface area contributed by atoms with E-state index in [0.29, 0.717) is 6.42 Å². The van der Waals surface area contributed by atoms with E-state index in [4.69, 9.17) is 5.11 Å². The van der Waals surface area contributed by atoms with E-state index in [9.17, 15) is 19.5 Å². The van der Waals surface area contributed by atoms with Crippen molar-refractivity contribution in [1.82, 2.24) is 4.90 Å². The molecule has 0 atom stereocenters. The van der Waals surface area contributed by atoms with Crippen LogP contribution in [0.15, 0.2) is 0 Å². The first-order chi connectivity index (χ1) is 9.97. The fourth-order valence-electron chi connectivity index (χ4n) is 2.07. The summed E-state index contributed by atoms with van der Waals surface area (Å²) in [5.74, 6) is -2.73. The minimum atomic E-state index is -1.37. The smallest absolute Gasteiger partial charge is 0.548 e. The van der Waals surface area contributed by atoms with Gasteiger partial charge in [-0.25, -0.2) is 0 Å². The molecule has 0 saturated heterocycles. The van der Waals surface area contributed by atoms with E-state index in [-0.39, 0.29) is 54.9 Å². The Balaban J connectivity index is 0. The number of hydrogen-bond donors (Lipinski definition) is 1. The summed E-state index contributed by atoms with van der Waals surface area (Å²) in [5.41, 5.74) is 0. The standard InChI is InChI=1S/C15H27NO5.Na/c1-2-3-4-5-6-7-8-9-13(17)16(12-15(20)21)11-10-14(18)19;/h2-12H2,1H3,(H,18,19)(H,20,21);/q;+1/p-1. The molecule has 0 radical (unpaired) electrons. The van der Waals surface area contributed by atoms with Gasteiger partial charge >= 0.3 is 35.5 Å². The molecule has 0 aliphatic carbocycles. The number of nitrogens with zero attached hydrogens (tertiary/aromatic N) is 1. The van der Waals surface area contributed by atoms with Crippen LogP contribution in [0.2, 0.25) is 0 Å². The van der Waals surface area contributed by atoms with Crippen molar-refractivity contribution >= 4 is 17.8 Å². The summed E-state index contributed by atoms with van der Waals surface area (Å²) in [6.07, 6.45) is 7.52. The quantitative estimate of drug-likeness (QED) is 0.318.